The van der Waals surface area contributed by atoms with Crippen LogP contribution in [0.3, 0.4) is 0 Å². The molecule has 0 saturated carbocycles. The summed E-state index contributed by atoms with van der Waals surface area (Å²) in [5.74, 6) is -1.34. The lowest BCUT2D eigenvalue weighted by atomic mass is 9.87. The molecule has 1 aliphatic rings. The molecule has 0 bridgehead atoms. The molecular weight excluding hydrogens is 412 g/mol. The number of Topliss-reactive ketones (excluding diaryl/α,β-unsaturated/α-hetero) is 1. The molecule has 168 valence electrons. The van der Waals surface area contributed by atoms with Crippen LogP contribution in [0.25, 0.3) is 0 Å². The number of carbonyl (C=O) groups excluding carboxylic acids is 2. The Kier molecular flexibility index (Phi) is 6.14. The summed E-state index contributed by atoms with van der Waals surface area (Å²) in [6.45, 7) is 6.36. The van der Waals surface area contributed by atoms with Crippen molar-refractivity contribution in [3.63, 3.8) is 0 Å². The maximum absolute atomic E-state index is 13.3. The van der Waals surface area contributed by atoms with E-state index in [1.54, 1.807) is 18.3 Å². The number of hydrogen-bond donors (Lipinski definition) is 1. The minimum absolute atomic E-state index is 0.0348. The fourth-order valence-electron chi connectivity index (χ4n) is 4.13. The normalized spacial score (nSPS) is 16.4. The van der Waals surface area contributed by atoms with E-state index < -0.39 is 17.7 Å². The van der Waals surface area contributed by atoms with Gasteiger partial charge in [-0.2, -0.15) is 0 Å². The Balaban J connectivity index is 1.70. The lowest BCUT2D eigenvalue weighted by molar-refractivity contribution is -0.118. The van der Waals surface area contributed by atoms with Gasteiger partial charge in [-0.05, 0) is 47.2 Å². The largest absolute Gasteiger partial charge is 0.503 e. The first kappa shape index (κ1) is 22.5. The van der Waals surface area contributed by atoms with Crippen LogP contribution >= 0.6 is 0 Å². The van der Waals surface area contributed by atoms with E-state index in [1.807, 2.05) is 60.7 Å². The van der Waals surface area contributed by atoms with E-state index in [1.165, 1.54) is 4.90 Å². The van der Waals surface area contributed by atoms with Crippen molar-refractivity contribution in [3.8, 4) is 0 Å². The van der Waals surface area contributed by atoms with Crippen LogP contribution in [0.2, 0.25) is 0 Å². The Bertz CT molecular complexity index is 1180. The molecule has 1 aromatic heterocycles. The standard InChI is InChI=1S/C28H28N2O3/c1-28(2,3)20-13-15-21(16-14-20)30-25(22-11-7-8-18-29-22)24(26(32)27(30)33)23(31)17-12-19-9-5-4-6-10-19/h4-11,13-16,18,25,32H,12,17H2,1-3H3. The first-order valence-electron chi connectivity index (χ1n) is 11.1. The number of pyridine rings is 1. The minimum Gasteiger partial charge on any atom is -0.503 e. The van der Waals surface area contributed by atoms with Crippen molar-refractivity contribution in [2.24, 2.45) is 0 Å². The number of aliphatic hydroxyl groups is 1. The second kappa shape index (κ2) is 9.02. The van der Waals surface area contributed by atoms with E-state index in [-0.39, 0.29) is 23.2 Å². The Labute approximate surface area is 194 Å². The highest BCUT2D eigenvalue weighted by Crippen LogP contribution is 2.41. The number of carbonyl (C=O) groups is 2. The van der Waals surface area contributed by atoms with Crippen molar-refractivity contribution in [2.45, 2.75) is 45.1 Å². The molecule has 33 heavy (non-hydrogen) atoms. The molecule has 0 radical (unpaired) electrons. The Morgan fingerprint density at radius 3 is 2.24 bits per heavy atom. The van der Waals surface area contributed by atoms with Crippen molar-refractivity contribution in [3.05, 3.63) is 107 Å². The lowest BCUT2D eigenvalue weighted by Crippen LogP contribution is -2.31. The predicted octanol–water partition coefficient (Wildman–Crippen LogP) is 5.48. The average molecular weight is 441 g/mol. The molecule has 1 N–H and O–H groups in total. The second-order valence-electron chi connectivity index (χ2n) is 9.30. The summed E-state index contributed by atoms with van der Waals surface area (Å²) >= 11 is 0. The van der Waals surface area contributed by atoms with Crippen LogP contribution in [0.4, 0.5) is 5.69 Å². The molecule has 0 spiro atoms. The van der Waals surface area contributed by atoms with Gasteiger partial charge in [0.1, 0.15) is 6.04 Å². The van der Waals surface area contributed by atoms with E-state index in [9.17, 15) is 14.7 Å². The van der Waals surface area contributed by atoms with Crippen LogP contribution in [0.5, 0.6) is 0 Å². The Hall–Kier alpha value is -3.73. The number of hydrogen-bond acceptors (Lipinski definition) is 4. The fourth-order valence-corrected chi connectivity index (χ4v) is 4.13. The number of aromatic nitrogens is 1. The van der Waals surface area contributed by atoms with E-state index in [2.05, 4.69) is 25.8 Å². The third-order valence-electron chi connectivity index (χ3n) is 5.97. The van der Waals surface area contributed by atoms with Gasteiger partial charge in [0.2, 0.25) is 0 Å². The highest BCUT2D eigenvalue weighted by atomic mass is 16.3. The van der Waals surface area contributed by atoms with Crippen LogP contribution in [-0.4, -0.2) is 21.8 Å². The summed E-state index contributed by atoms with van der Waals surface area (Å²) in [4.78, 5) is 32.4. The van der Waals surface area contributed by atoms with Crippen LogP contribution in [0, 0.1) is 0 Å². The van der Waals surface area contributed by atoms with Crippen molar-refractivity contribution in [2.75, 3.05) is 4.90 Å². The molecule has 0 aliphatic carbocycles. The van der Waals surface area contributed by atoms with Crippen molar-refractivity contribution < 1.29 is 14.7 Å². The van der Waals surface area contributed by atoms with Crippen molar-refractivity contribution in [1.29, 1.82) is 0 Å². The fraction of sp³-hybridized carbons (Fsp3) is 0.250. The summed E-state index contributed by atoms with van der Waals surface area (Å²) in [5, 5.41) is 10.8. The van der Waals surface area contributed by atoms with Crippen LogP contribution in [0.1, 0.15) is 50.1 Å². The number of aryl methyl sites for hydroxylation is 1. The van der Waals surface area contributed by atoms with Gasteiger partial charge in [0.25, 0.3) is 5.91 Å². The van der Waals surface area contributed by atoms with E-state index in [4.69, 9.17) is 0 Å². The summed E-state index contributed by atoms with van der Waals surface area (Å²) in [6.07, 6.45) is 2.35. The molecule has 4 rings (SSSR count). The number of ketones is 1. The van der Waals surface area contributed by atoms with Crippen LogP contribution in [0.15, 0.2) is 90.3 Å². The monoisotopic (exact) mass is 440 g/mol. The third-order valence-corrected chi connectivity index (χ3v) is 5.97. The number of anilines is 1. The van der Waals surface area contributed by atoms with Gasteiger partial charge < -0.3 is 5.11 Å². The van der Waals surface area contributed by atoms with Crippen molar-refractivity contribution >= 4 is 17.4 Å². The van der Waals surface area contributed by atoms with Gasteiger partial charge in [0.05, 0.1) is 11.3 Å². The number of nitrogens with zero attached hydrogens (tertiary/aromatic N) is 2. The highest BCUT2D eigenvalue weighted by molar-refractivity contribution is 6.16. The molecule has 0 fully saturated rings. The number of amides is 1. The van der Waals surface area contributed by atoms with Crippen molar-refractivity contribution in [1.82, 2.24) is 4.98 Å². The summed E-state index contributed by atoms with van der Waals surface area (Å²) in [5.41, 5.74) is 3.38. The van der Waals surface area contributed by atoms with E-state index in [0.29, 0.717) is 17.8 Å². The molecule has 1 aliphatic heterocycles. The molecule has 5 heteroatoms. The van der Waals surface area contributed by atoms with Gasteiger partial charge in [0, 0.05) is 18.3 Å². The quantitative estimate of drug-likeness (QED) is 0.551. The van der Waals surface area contributed by atoms with Gasteiger partial charge in [-0.15, -0.1) is 0 Å². The maximum atomic E-state index is 13.3. The molecule has 1 atom stereocenters. The SMILES string of the molecule is CC(C)(C)c1ccc(N2C(=O)C(O)=C(C(=O)CCc3ccccc3)C2c2ccccn2)cc1. The zero-order valence-corrected chi connectivity index (χ0v) is 19.2. The first-order chi connectivity index (χ1) is 15.8. The van der Waals surface area contributed by atoms with Crippen LogP contribution < -0.4 is 4.90 Å². The van der Waals surface area contributed by atoms with Gasteiger partial charge in [-0.1, -0.05) is 69.3 Å². The number of rotatable bonds is 6. The second-order valence-corrected chi connectivity index (χ2v) is 9.30. The first-order valence-corrected chi connectivity index (χ1v) is 11.1. The summed E-state index contributed by atoms with van der Waals surface area (Å²) < 4.78 is 0. The molecule has 0 saturated heterocycles. The van der Waals surface area contributed by atoms with E-state index >= 15 is 0 Å². The molecule has 3 aromatic rings. The number of benzene rings is 2. The molecule has 2 heterocycles. The maximum Gasteiger partial charge on any atom is 0.294 e. The Morgan fingerprint density at radius 2 is 1.64 bits per heavy atom. The molecule has 5 nitrogen and oxygen atoms in total. The highest BCUT2D eigenvalue weighted by Gasteiger charge is 2.44. The zero-order valence-electron chi connectivity index (χ0n) is 19.2. The summed E-state index contributed by atoms with van der Waals surface area (Å²) in [7, 11) is 0. The van der Waals surface area contributed by atoms with E-state index in [0.717, 1.165) is 11.1 Å². The van der Waals surface area contributed by atoms with Crippen LogP contribution in [-0.2, 0) is 21.4 Å². The smallest absolute Gasteiger partial charge is 0.294 e. The predicted molar refractivity (Wildman–Crippen MR) is 129 cm³/mol. The lowest BCUT2D eigenvalue weighted by Gasteiger charge is -2.27. The topological polar surface area (TPSA) is 70.5 Å². The minimum atomic E-state index is -0.775. The van der Waals surface area contributed by atoms with Gasteiger partial charge in [-0.3, -0.25) is 19.5 Å². The summed E-state index contributed by atoms with van der Waals surface area (Å²) in [6, 6.07) is 22.0. The molecule has 1 amide bonds. The molecule has 2 aromatic carbocycles. The molecular formula is C28H28N2O3. The Morgan fingerprint density at radius 1 is 0.970 bits per heavy atom. The average Bonchev–Trinajstić information content (AvgIpc) is 3.09. The van der Waals surface area contributed by atoms with Gasteiger partial charge in [0.15, 0.2) is 11.5 Å². The number of aliphatic hydroxyl groups excluding tert-OH is 1. The van der Waals surface area contributed by atoms with Gasteiger partial charge >= 0.3 is 0 Å². The zero-order chi connectivity index (χ0) is 23.6. The molecule has 1 unspecified atom stereocenters. The third kappa shape index (κ3) is 4.58. The van der Waals surface area contributed by atoms with Gasteiger partial charge in [-0.25, -0.2) is 0 Å².